The number of fused-ring (bicyclic) bond motifs is 1. The van der Waals surface area contributed by atoms with E-state index in [0.29, 0.717) is 19.1 Å². The Morgan fingerprint density at radius 1 is 1.33 bits per heavy atom. The summed E-state index contributed by atoms with van der Waals surface area (Å²) in [6, 6.07) is 0. The Labute approximate surface area is 76.1 Å². The molecule has 3 heteroatoms. The summed E-state index contributed by atoms with van der Waals surface area (Å²) in [5.74, 6) is 2.43. The van der Waals surface area contributed by atoms with Gasteiger partial charge in [-0.15, -0.1) is 11.3 Å². The van der Waals surface area contributed by atoms with E-state index in [1.807, 2.05) is 5.38 Å². The summed E-state index contributed by atoms with van der Waals surface area (Å²) in [7, 11) is 0. The number of ether oxygens (including phenoxy) is 2. The molecule has 66 valence electrons. The summed E-state index contributed by atoms with van der Waals surface area (Å²) in [6.45, 7) is 5.71. The van der Waals surface area contributed by atoms with Gasteiger partial charge >= 0.3 is 0 Å². The number of rotatable bonds is 1. The standard InChI is InChI=1S/C9H12O2S/c1-6(2)9-8-7(5-12-9)10-3-4-11-8/h5-6H,3-4H2,1-2H3. The van der Waals surface area contributed by atoms with Crippen molar-refractivity contribution in [3.8, 4) is 11.5 Å². The zero-order chi connectivity index (χ0) is 8.55. The van der Waals surface area contributed by atoms with E-state index in [-0.39, 0.29) is 0 Å². The van der Waals surface area contributed by atoms with Crippen LogP contribution in [0.25, 0.3) is 0 Å². The molecule has 0 aliphatic carbocycles. The van der Waals surface area contributed by atoms with Crippen LogP contribution < -0.4 is 9.47 Å². The first-order chi connectivity index (χ1) is 5.79. The molecule has 0 fully saturated rings. The van der Waals surface area contributed by atoms with E-state index in [1.54, 1.807) is 11.3 Å². The largest absolute Gasteiger partial charge is 0.485 e. The predicted octanol–water partition coefficient (Wildman–Crippen LogP) is 2.64. The molecule has 0 bridgehead atoms. The smallest absolute Gasteiger partial charge is 0.175 e. The lowest BCUT2D eigenvalue weighted by Crippen LogP contribution is -2.14. The lowest BCUT2D eigenvalue weighted by molar-refractivity contribution is 0.171. The first-order valence-electron chi connectivity index (χ1n) is 4.16. The van der Waals surface area contributed by atoms with Gasteiger partial charge in [0.1, 0.15) is 13.2 Å². The lowest BCUT2D eigenvalue weighted by atomic mass is 10.1. The molecule has 0 atom stereocenters. The molecule has 1 aliphatic heterocycles. The van der Waals surface area contributed by atoms with Crippen LogP contribution in [0.1, 0.15) is 24.6 Å². The van der Waals surface area contributed by atoms with E-state index >= 15 is 0 Å². The van der Waals surface area contributed by atoms with E-state index in [1.165, 1.54) is 4.88 Å². The van der Waals surface area contributed by atoms with Crippen LogP contribution in [0.5, 0.6) is 11.5 Å². The molecule has 1 aromatic rings. The molecule has 1 aliphatic rings. The summed E-state index contributed by atoms with van der Waals surface area (Å²) in [4.78, 5) is 1.30. The van der Waals surface area contributed by atoms with Gasteiger partial charge in [-0.25, -0.2) is 0 Å². The molecule has 12 heavy (non-hydrogen) atoms. The van der Waals surface area contributed by atoms with Crippen molar-refractivity contribution in [2.24, 2.45) is 0 Å². The number of hydrogen-bond donors (Lipinski definition) is 0. The zero-order valence-corrected chi connectivity index (χ0v) is 8.11. The monoisotopic (exact) mass is 184 g/mol. The number of hydrogen-bond acceptors (Lipinski definition) is 3. The normalized spacial score (nSPS) is 15.2. The van der Waals surface area contributed by atoms with Crippen LogP contribution in [-0.4, -0.2) is 13.2 Å². The molecular formula is C9H12O2S. The zero-order valence-electron chi connectivity index (χ0n) is 7.29. The van der Waals surface area contributed by atoms with Crippen LogP contribution in [0.15, 0.2) is 5.38 Å². The molecule has 2 nitrogen and oxygen atoms in total. The molecule has 2 rings (SSSR count). The Balaban J connectivity index is 2.38. The van der Waals surface area contributed by atoms with Crippen molar-refractivity contribution in [3.05, 3.63) is 10.3 Å². The lowest BCUT2D eigenvalue weighted by Gasteiger charge is -2.16. The molecule has 0 N–H and O–H groups in total. The molecule has 0 saturated carbocycles. The second-order valence-electron chi connectivity index (χ2n) is 3.14. The van der Waals surface area contributed by atoms with Crippen molar-refractivity contribution < 1.29 is 9.47 Å². The quantitative estimate of drug-likeness (QED) is 0.668. The van der Waals surface area contributed by atoms with E-state index in [2.05, 4.69) is 13.8 Å². The van der Waals surface area contributed by atoms with Crippen LogP contribution in [0, 0.1) is 0 Å². The first kappa shape index (κ1) is 7.92. The fourth-order valence-corrected chi connectivity index (χ4v) is 2.23. The van der Waals surface area contributed by atoms with E-state index in [9.17, 15) is 0 Å². The van der Waals surface area contributed by atoms with Crippen LogP contribution in [-0.2, 0) is 0 Å². The van der Waals surface area contributed by atoms with Gasteiger partial charge in [0.25, 0.3) is 0 Å². The van der Waals surface area contributed by atoms with Crippen molar-refractivity contribution in [3.63, 3.8) is 0 Å². The highest BCUT2D eigenvalue weighted by Gasteiger charge is 2.19. The molecule has 0 spiro atoms. The van der Waals surface area contributed by atoms with Gasteiger partial charge in [0, 0.05) is 5.38 Å². The molecule has 0 saturated heterocycles. The topological polar surface area (TPSA) is 18.5 Å². The highest BCUT2D eigenvalue weighted by atomic mass is 32.1. The van der Waals surface area contributed by atoms with E-state index in [0.717, 1.165) is 11.5 Å². The summed E-state index contributed by atoms with van der Waals surface area (Å²) < 4.78 is 11.0. The summed E-state index contributed by atoms with van der Waals surface area (Å²) in [5, 5.41) is 2.03. The Morgan fingerprint density at radius 2 is 2.08 bits per heavy atom. The van der Waals surface area contributed by atoms with Gasteiger partial charge in [-0.1, -0.05) is 13.8 Å². The third-order valence-electron chi connectivity index (χ3n) is 1.85. The van der Waals surface area contributed by atoms with E-state index in [4.69, 9.17) is 9.47 Å². The van der Waals surface area contributed by atoms with Gasteiger partial charge in [0.05, 0.1) is 4.88 Å². The highest BCUT2D eigenvalue weighted by Crippen LogP contribution is 2.42. The predicted molar refractivity (Wildman–Crippen MR) is 49.4 cm³/mol. The fraction of sp³-hybridized carbons (Fsp3) is 0.556. The molecule has 0 unspecified atom stereocenters. The Bertz CT molecular complexity index is 278. The average molecular weight is 184 g/mol. The molecular weight excluding hydrogens is 172 g/mol. The van der Waals surface area contributed by atoms with Gasteiger partial charge in [0.2, 0.25) is 0 Å². The second-order valence-corrected chi connectivity index (χ2v) is 4.06. The second kappa shape index (κ2) is 2.98. The van der Waals surface area contributed by atoms with Crippen molar-refractivity contribution in [2.45, 2.75) is 19.8 Å². The molecule has 2 heterocycles. The first-order valence-corrected chi connectivity index (χ1v) is 5.04. The van der Waals surface area contributed by atoms with Gasteiger partial charge in [0.15, 0.2) is 11.5 Å². The summed E-state index contributed by atoms with van der Waals surface area (Å²) in [5.41, 5.74) is 0. The SMILES string of the molecule is CC(C)c1scc2c1OCCO2. The Morgan fingerprint density at radius 3 is 2.83 bits per heavy atom. The molecule has 1 aromatic heterocycles. The third kappa shape index (κ3) is 1.18. The maximum Gasteiger partial charge on any atom is 0.175 e. The Hall–Kier alpha value is -0.700. The maximum absolute atomic E-state index is 5.54. The Kier molecular flexibility index (Phi) is 1.97. The van der Waals surface area contributed by atoms with Gasteiger partial charge in [-0.2, -0.15) is 0 Å². The minimum absolute atomic E-state index is 0.528. The van der Waals surface area contributed by atoms with Crippen LogP contribution in [0.3, 0.4) is 0 Å². The van der Waals surface area contributed by atoms with Crippen molar-refractivity contribution in [1.82, 2.24) is 0 Å². The average Bonchev–Trinajstić information content (AvgIpc) is 2.47. The molecule has 0 amide bonds. The summed E-state index contributed by atoms with van der Waals surface area (Å²) >= 11 is 1.72. The van der Waals surface area contributed by atoms with Crippen LogP contribution in [0.2, 0.25) is 0 Å². The van der Waals surface area contributed by atoms with Crippen LogP contribution in [0.4, 0.5) is 0 Å². The van der Waals surface area contributed by atoms with Crippen molar-refractivity contribution >= 4 is 11.3 Å². The minimum atomic E-state index is 0.528. The highest BCUT2D eigenvalue weighted by molar-refractivity contribution is 7.10. The van der Waals surface area contributed by atoms with Gasteiger partial charge < -0.3 is 9.47 Å². The summed E-state index contributed by atoms with van der Waals surface area (Å²) in [6.07, 6.45) is 0. The van der Waals surface area contributed by atoms with Gasteiger partial charge in [-0.05, 0) is 5.92 Å². The van der Waals surface area contributed by atoms with Crippen molar-refractivity contribution in [1.29, 1.82) is 0 Å². The fourth-order valence-electron chi connectivity index (χ4n) is 1.28. The van der Waals surface area contributed by atoms with Crippen molar-refractivity contribution in [2.75, 3.05) is 13.2 Å². The molecule has 0 aromatic carbocycles. The maximum atomic E-state index is 5.54. The van der Waals surface area contributed by atoms with E-state index < -0.39 is 0 Å². The molecule has 0 radical (unpaired) electrons. The number of thiophene rings is 1. The van der Waals surface area contributed by atoms with Crippen LogP contribution >= 0.6 is 11.3 Å². The third-order valence-corrected chi connectivity index (χ3v) is 3.09. The van der Waals surface area contributed by atoms with Gasteiger partial charge in [-0.3, -0.25) is 0 Å². The minimum Gasteiger partial charge on any atom is -0.485 e.